The molecule has 0 bridgehead atoms. The Bertz CT molecular complexity index is 868. The standard InChI is InChI=1S/C17H17BrFNO3S/c1-4-9-20(16-7-5-13(18)11-15(16)19)24(21,22)14-6-8-17(23-3)12(2)10-14/h4-8,10-11H,1,9H2,2-3H3. The first-order chi connectivity index (χ1) is 11.3. The van der Waals surface area contributed by atoms with Gasteiger partial charge in [0, 0.05) is 4.47 Å². The molecule has 0 amide bonds. The highest BCUT2D eigenvalue weighted by atomic mass is 79.9. The van der Waals surface area contributed by atoms with Crippen LogP contribution in [0.25, 0.3) is 0 Å². The van der Waals surface area contributed by atoms with Gasteiger partial charge in [-0.2, -0.15) is 0 Å². The molecule has 0 aliphatic heterocycles. The zero-order valence-electron chi connectivity index (χ0n) is 13.3. The summed E-state index contributed by atoms with van der Waals surface area (Å²) in [6, 6.07) is 8.74. The molecule has 2 aromatic carbocycles. The third kappa shape index (κ3) is 3.62. The van der Waals surface area contributed by atoms with Crippen molar-refractivity contribution in [3.05, 3.63) is 64.9 Å². The summed E-state index contributed by atoms with van der Waals surface area (Å²) >= 11 is 3.16. The Morgan fingerprint density at radius 1 is 1.29 bits per heavy atom. The average molecular weight is 414 g/mol. The summed E-state index contributed by atoms with van der Waals surface area (Å²) in [4.78, 5) is 0.0602. The number of methoxy groups -OCH3 is 1. The van der Waals surface area contributed by atoms with Crippen molar-refractivity contribution in [2.45, 2.75) is 11.8 Å². The van der Waals surface area contributed by atoms with E-state index in [0.717, 1.165) is 4.31 Å². The molecule has 0 N–H and O–H groups in total. The maximum atomic E-state index is 14.3. The van der Waals surface area contributed by atoms with Crippen LogP contribution < -0.4 is 9.04 Å². The second kappa shape index (κ2) is 7.36. The van der Waals surface area contributed by atoms with Crippen molar-refractivity contribution in [1.82, 2.24) is 0 Å². The van der Waals surface area contributed by atoms with Gasteiger partial charge in [-0.3, -0.25) is 4.31 Å². The number of hydrogen-bond donors (Lipinski definition) is 0. The highest BCUT2D eigenvalue weighted by Gasteiger charge is 2.26. The number of ether oxygens (including phenoxy) is 1. The van der Waals surface area contributed by atoms with E-state index in [-0.39, 0.29) is 17.1 Å². The van der Waals surface area contributed by atoms with Crippen molar-refractivity contribution in [2.24, 2.45) is 0 Å². The highest BCUT2D eigenvalue weighted by Crippen LogP contribution is 2.30. The number of sulfonamides is 1. The molecule has 0 spiro atoms. The van der Waals surface area contributed by atoms with Gasteiger partial charge in [0.15, 0.2) is 0 Å². The van der Waals surface area contributed by atoms with Crippen LogP contribution in [0.15, 0.2) is 58.4 Å². The van der Waals surface area contributed by atoms with Crippen molar-refractivity contribution in [1.29, 1.82) is 0 Å². The third-order valence-electron chi connectivity index (χ3n) is 3.43. The summed E-state index contributed by atoms with van der Waals surface area (Å²) in [5.41, 5.74) is 0.639. The molecule has 2 rings (SSSR count). The second-order valence-corrected chi connectivity index (χ2v) is 7.83. The Hall–Kier alpha value is -1.86. The predicted octanol–water partition coefficient (Wildman–Crippen LogP) is 4.29. The Kier molecular flexibility index (Phi) is 5.66. The first-order valence-electron chi connectivity index (χ1n) is 7.04. The molecule has 0 fully saturated rings. The summed E-state index contributed by atoms with van der Waals surface area (Å²) in [5, 5.41) is 0. The number of nitrogens with zero attached hydrogens (tertiary/aromatic N) is 1. The molecule has 0 atom stereocenters. The minimum absolute atomic E-state index is 0.0356. The SMILES string of the molecule is C=CCN(c1ccc(Br)cc1F)S(=O)(=O)c1ccc(OC)c(C)c1. The third-order valence-corrected chi connectivity index (χ3v) is 5.70. The molecule has 0 aliphatic carbocycles. The van der Waals surface area contributed by atoms with Gasteiger partial charge >= 0.3 is 0 Å². The van der Waals surface area contributed by atoms with E-state index in [1.54, 1.807) is 19.1 Å². The molecule has 0 unspecified atom stereocenters. The van der Waals surface area contributed by atoms with Gasteiger partial charge in [0.2, 0.25) is 0 Å². The van der Waals surface area contributed by atoms with E-state index in [1.807, 2.05) is 0 Å². The van der Waals surface area contributed by atoms with Gasteiger partial charge in [0.05, 0.1) is 24.2 Å². The van der Waals surface area contributed by atoms with E-state index in [0.29, 0.717) is 15.8 Å². The molecule has 0 saturated carbocycles. The van der Waals surface area contributed by atoms with Crippen LogP contribution in [0.5, 0.6) is 5.75 Å². The van der Waals surface area contributed by atoms with E-state index in [1.165, 1.54) is 37.5 Å². The fourth-order valence-electron chi connectivity index (χ4n) is 2.27. The van der Waals surface area contributed by atoms with Gasteiger partial charge in [0.25, 0.3) is 10.0 Å². The Labute approximate surface area is 149 Å². The van der Waals surface area contributed by atoms with Crippen LogP contribution in [0, 0.1) is 12.7 Å². The maximum absolute atomic E-state index is 14.3. The lowest BCUT2D eigenvalue weighted by Gasteiger charge is -2.24. The van der Waals surface area contributed by atoms with Crippen LogP contribution in [0.2, 0.25) is 0 Å². The lowest BCUT2D eigenvalue weighted by molar-refractivity contribution is 0.411. The van der Waals surface area contributed by atoms with Crippen LogP contribution in [-0.4, -0.2) is 22.1 Å². The topological polar surface area (TPSA) is 46.6 Å². The first-order valence-corrected chi connectivity index (χ1v) is 9.28. The summed E-state index contributed by atoms with van der Waals surface area (Å²) in [6.07, 6.45) is 1.41. The van der Waals surface area contributed by atoms with Crippen LogP contribution >= 0.6 is 15.9 Å². The van der Waals surface area contributed by atoms with Gasteiger partial charge in [0.1, 0.15) is 11.6 Å². The monoisotopic (exact) mass is 413 g/mol. The first kappa shape index (κ1) is 18.5. The number of aryl methyl sites for hydroxylation is 1. The fraction of sp³-hybridized carbons (Fsp3) is 0.176. The number of rotatable bonds is 6. The van der Waals surface area contributed by atoms with E-state index < -0.39 is 15.8 Å². The zero-order chi connectivity index (χ0) is 17.9. The molecule has 4 nitrogen and oxygen atoms in total. The summed E-state index contributed by atoms with van der Waals surface area (Å²) < 4.78 is 46.9. The van der Waals surface area contributed by atoms with E-state index >= 15 is 0 Å². The molecule has 128 valence electrons. The molecule has 0 radical (unpaired) electrons. The van der Waals surface area contributed by atoms with Gasteiger partial charge in [-0.1, -0.05) is 22.0 Å². The minimum atomic E-state index is -3.95. The smallest absolute Gasteiger partial charge is 0.264 e. The molecule has 2 aromatic rings. The Balaban J connectivity index is 2.57. The quantitative estimate of drug-likeness (QED) is 0.663. The van der Waals surface area contributed by atoms with Gasteiger partial charge in [-0.05, 0) is 48.9 Å². The normalized spacial score (nSPS) is 11.2. The number of hydrogen-bond acceptors (Lipinski definition) is 3. The lowest BCUT2D eigenvalue weighted by atomic mass is 10.2. The molecule has 0 aromatic heterocycles. The molecule has 0 heterocycles. The lowest BCUT2D eigenvalue weighted by Crippen LogP contribution is -2.32. The number of halogens is 2. The van der Waals surface area contributed by atoms with Crippen molar-refractivity contribution in [2.75, 3.05) is 18.0 Å². The molecule has 0 aliphatic rings. The van der Waals surface area contributed by atoms with E-state index in [9.17, 15) is 12.8 Å². The predicted molar refractivity (Wildman–Crippen MR) is 96.6 cm³/mol. The van der Waals surface area contributed by atoms with Crippen LogP contribution in [-0.2, 0) is 10.0 Å². The van der Waals surface area contributed by atoms with Gasteiger partial charge in [-0.25, -0.2) is 12.8 Å². The van der Waals surface area contributed by atoms with Crippen LogP contribution in [0.1, 0.15) is 5.56 Å². The largest absolute Gasteiger partial charge is 0.496 e. The zero-order valence-corrected chi connectivity index (χ0v) is 15.7. The molecule has 24 heavy (non-hydrogen) atoms. The second-order valence-electron chi connectivity index (χ2n) is 5.05. The van der Waals surface area contributed by atoms with Crippen LogP contribution in [0.4, 0.5) is 10.1 Å². The van der Waals surface area contributed by atoms with Crippen LogP contribution in [0.3, 0.4) is 0 Å². The molecular formula is C17H17BrFNO3S. The average Bonchev–Trinajstić information content (AvgIpc) is 2.53. The summed E-state index contributed by atoms with van der Waals surface area (Å²) in [7, 11) is -2.44. The fourth-order valence-corrected chi connectivity index (χ4v) is 4.13. The van der Waals surface area contributed by atoms with Gasteiger partial charge in [-0.15, -0.1) is 6.58 Å². The van der Waals surface area contributed by atoms with Gasteiger partial charge < -0.3 is 4.74 Å². The Morgan fingerprint density at radius 2 is 2.00 bits per heavy atom. The van der Waals surface area contributed by atoms with Crippen molar-refractivity contribution < 1.29 is 17.5 Å². The molecular weight excluding hydrogens is 397 g/mol. The van der Waals surface area contributed by atoms with Crippen molar-refractivity contribution >= 4 is 31.6 Å². The number of anilines is 1. The van der Waals surface area contributed by atoms with Crippen molar-refractivity contribution in [3.8, 4) is 5.75 Å². The van der Waals surface area contributed by atoms with E-state index in [2.05, 4.69) is 22.5 Å². The maximum Gasteiger partial charge on any atom is 0.264 e. The highest BCUT2D eigenvalue weighted by molar-refractivity contribution is 9.10. The number of benzene rings is 2. The molecule has 0 saturated heterocycles. The molecule has 7 heteroatoms. The van der Waals surface area contributed by atoms with E-state index in [4.69, 9.17) is 4.74 Å². The minimum Gasteiger partial charge on any atom is -0.496 e. The Morgan fingerprint density at radius 3 is 2.54 bits per heavy atom. The summed E-state index contributed by atoms with van der Waals surface area (Å²) in [6.45, 7) is 5.26. The van der Waals surface area contributed by atoms with Crippen molar-refractivity contribution in [3.63, 3.8) is 0 Å². The summed E-state index contributed by atoms with van der Waals surface area (Å²) in [5.74, 6) is -0.0564.